The number of hydrogen-bond acceptors (Lipinski definition) is 4. The Labute approximate surface area is 159 Å². The Bertz CT molecular complexity index is 716. The highest BCUT2D eigenvalue weighted by Gasteiger charge is 2.44. The first kappa shape index (κ1) is 18.7. The van der Waals surface area contributed by atoms with Crippen molar-refractivity contribution in [3.63, 3.8) is 0 Å². The zero-order chi connectivity index (χ0) is 18.4. The first-order valence-electron chi connectivity index (χ1n) is 8.96. The van der Waals surface area contributed by atoms with Gasteiger partial charge in [-0.25, -0.2) is 0 Å². The summed E-state index contributed by atoms with van der Waals surface area (Å²) in [6.45, 7) is 4.69. The van der Waals surface area contributed by atoms with E-state index in [0.717, 1.165) is 18.7 Å². The molecule has 1 aromatic carbocycles. The molecule has 2 aromatic rings. The van der Waals surface area contributed by atoms with E-state index >= 15 is 0 Å². The van der Waals surface area contributed by atoms with Gasteiger partial charge in [-0.3, -0.25) is 9.78 Å². The van der Waals surface area contributed by atoms with Gasteiger partial charge in [0.1, 0.15) is 5.75 Å². The van der Waals surface area contributed by atoms with Crippen molar-refractivity contribution in [2.24, 2.45) is 0 Å². The monoisotopic (exact) mass is 373 g/mol. The van der Waals surface area contributed by atoms with Crippen molar-refractivity contribution in [3.8, 4) is 5.75 Å². The van der Waals surface area contributed by atoms with Gasteiger partial charge in [0, 0.05) is 43.3 Å². The van der Waals surface area contributed by atoms with Crippen LogP contribution in [-0.2, 0) is 11.3 Å². The molecule has 1 fully saturated rings. The molecule has 6 heteroatoms. The number of nitrogens with one attached hydrogen (secondary N) is 1. The molecule has 1 aliphatic rings. The minimum absolute atomic E-state index is 0.0354. The SMILES string of the molecule is CCN(Cc1ccncc1)C(=O)C1(Oc2ccc(Cl)cc2)CCNCC1. The van der Waals surface area contributed by atoms with Gasteiger partial charge in [-0.1, -0.05) is 11.6 Å². The molecule has 0 atom stereocenters. The highest BCUT2D eigenvalue weighted by molar-refractivity contribution is 6.30. The predicted octanol–water partition coefficient (Wildman–Crippen LogP) is 3.28. The second-order valence-electron chi connectivity index (χ2n) is 6.48. The fraction of sp³-hybridized carbons (Fsp3) is 0.400. The number of amides is 1. The summed E-state index contributed by atoms with van der Waals surface area (Å²) < 4.78 is 6.28. The molecular formula is C20H24ClN3O2. The number of aromatic nitrogens is 1. The van der Waals surface area contributed by atoms with Gasteiger partial charge in [-0.2, -0.15) is 0 Å². The van der Waals surface area contributed by atoms with E-state index in [-0.39, 0.29) is 5.91 Å². The molecule has 0 saturated carbocycles. The number of nitrogens with zero attached hydrogens (tertiary/aromatic N) is 2. The van der Waals surface area contributed by atoms with Gasteiger partial charge in [-0.15, -0.1) is 0 Å². The second-order valence-corrected chi connectivity index (χ2v) is 6.91. The van der Waals surface area contributed by atoms with Crippen LogP contribution in [0.25, 0.3) is 0 Å². The maximum absolute atomic E-state index is 13.5. The molecule has 1 saturated heterocycles. The van der Waals surface area contributed by atoms with Crippen LogP contribution in [0, 0.1) is 0 Å². The Morgan fingerprint density at radius 3 is 2.46 bits per heavy atom. The molecule has 0 aliphatic carbocycles. The van der Waals surface area contributed by atoms with Crippen LogP contribution < -0.4 is 10.1 Å². The summed E-state index contributed by atoms with van der Waals surface area (Å²) in [5.41, 5.74) is 0.216. The summed E-state index contributed by atoms with van der Waals surface area (Å²) >= 11 is 5.97. The Balaban J connectivity index is 1.82. The van der Waals surface area contributed by atoms with E-state index in [1.54, 1.807) is 24.5 Å². The van der Waals surface area contributed by atoms with Crippen molar-refractivity contribution in [3.05, 3.63) is 59.4 Å². The zero-order valence-electron chi connectivity index (χ0n) is 15.0. The molecule has 1 amide bonds. The van der Waals surface area contributed by atoms with E-state index in [1.165, 1.54) is 0 Å². The molecule has 1 aliphatic heterocycles. The number of carbonyl (C=O) groups is 1. The smallest absolute Gasteiger partial charge is 0.267 e. The van der Waals surface area contributed by atoms with E-state index in [9.17, 15) is 4.79 Å². The summed E-state index contributed by atoms with van der Waals surface area (Å²) in [5, 5.41) is 3.96. The van der Waals surface area contributed by atoms with Crippen molar-refractivity contribution < 1.29 is 9.53 Å². The molecule has 26 heavy (non-hydrogen) atoms. The predicted molar refractivity (Wildman–Crippen MR) is 102 cm³/mol. The lowest BCUT2D eigenvalue weighted by Crippen LogP contribution is -2.57. The maximum atomic E-state index is 13.5. The zero-order valence-corrected chi connectivity index (χ0v) is 15.7. The Morgan fingerprint density at radius 2 is 1.85 bits per heavy atom. The number of halogens is 1. The lowest BCUT2D eigenvalue weighted by Gasteiger charge is -2.40. The normalized spacial score (nSPS) is 16.1. The Morgan fingerprint density at radius 1 is 1.19 bits per heavy atom. The number of likely N-dealkylation sites (N-methyl/N-ethyl adjacent to an activating group) is 1. The minimum atomic E-state index is -0.845. The van der Waals surface area contributed by atoms with Crippen molar-refractivity contribution in [1.29, 1.82) is 0 Å². The summed E-state index contributed by atoms with van der Waals surface area (Å²) in [5.74, 6) is 0.706. The molecule has 0 radical (unpaired) electrons. The van der Waals surface area contributed by atoms with Crippen LogP contribution in [0.4, 0.5) is 0 Å². The van der Waals surface area contributed by atoms with E-state index in [2.05, 4.69) is 10.3 Å². The Hall–Kier alpha value is -2.11. The van der Waals surface area contributed by atoms with Crippen LogP contribution in [0.2, 0.25) is 5.02 Å². The van der Waals surface area contributed by atoms with Gasteiger partial charge in [0.15, 0.2) is 5.60 Å². The fourth-order valence-corrected chi connectivity index (χ4v) is 3.37. The first-order valence-corrected chi connectivity index (χ1v) is 9.34. The van der Waals surface area contributed by atoms with Crippen LogP contribution in [0.15, 0.2) is 48.8 Å². The third-order valence-electron chi connectivity index (χ3n) is 4.72. The maximum Gasteiger partial charge on any atom is 0.267 e. The fourth-order valence-electron chi connectivity index (χ4n) is 3.24. The molecule has 2 heterocycles. The van der Waals surface area contributed by atoms with Crippen molar-refractivity contribution in [2.75, 3.05) is 19.6 Å². The summed E-state index contributed by atoms with van der Waals surface area (Å²) in [4.78, 5) is 19.4. The Kier molecular flexibility index (Phi) is 6.12. The number of rotatable bonds is 6. The largest absolute Gasteiger partial charge is 0.477 e. The second kappa shape index (κ2) is 8.52. The van der Waals surface area contributed by atoms with Crippen LogP contribution in [0.1, 0.15) is 25.3 Å². The lowest BCUT2D eigenvalue weighted by atomic mass is 9.90. The van der Waals surface area contributed by atoms with Crippen molar-refractivity contribution in [1.82, 2.24) is 15.2 Å². The van der Waals surface area contributed by atoms with Crippen LogP contribution in [0.3, 0.4) is 0 Å². The molecule has 3 rings (SSSR count). The van der Waals surface area contributed by atoms with E-state index in [4.69, 9.17) is 16.3 Å². The molecule has 0 unspecified atom stereocenters. The van der Waals surface area contributed by atoms with Crippen LogP contribution in [0.5, 0.6) is 5.75 Å². The van der Waals surface area contributed by atoms with Gasteiger partial charge < -0.3 is 15.0 Å². The molecule has 0 bridgehead atoms. The summed E-state index contributed by atoms with van der Waals surface area (Å²) in [6, 6.07) is 11.1. The van der Waals surface area contributed by atoms with Gasteiger partial charge >= 0.3 is 0 Å². The first-order chi connectivity index (χ1) is 12.6. The average Bonchev–Trinajstić information content (AvgIpc) is 2.69. The van der Waals surface area contributed by atoms with Gasteiger partial charge in [0.05, 0.1) is 0 Å². The molecule has 5 nitrogen and oxygen atoms in total. The number of piperidine rings is 1. The number of hydrogen-bond donors (Lipinski definition) is 1. The third kappa shape index (κ3) is 4.34. The molecule has 1 N–H and O–H groups in total. The standard InChI is InChI=1S/C20H24ClN3O2/c1-2-24(15-16-7-11-22-12-8-16)19(25)20(9-13-23-14-10-20)26-18-5-3-17(21)4-6-18/h3-8,11-12,23H,2,9-10,13-15H2,1H3. The summed E-state index contributed by atoms with van der Waals surface area (Å²) in [7, 11) is 0. The lowest BCUT2D eigenvalue weighted by molar-refractivity contribution is -0.151. The quantitative estimate of drug-likeness (QED) is 0.844. The number of pyridine rings is 1. The van der Waals surface area contributed by atoms with Crippen LogP contribution in [-0.4, -0.2) is 41.0 Å². The highest BCUT2D eigenvalue weighted by atomic mass is 35.5. The van der Waals surface area contributed by atoms with E-state index < -0.39 is 5.60 Å². The number of benzene rings is 1. The van der Waals surface area contributed by atoms with E-state index in [0.29, 0.717) is 36.7 Å². The minimum Gasteiger partial charge on any atom is -0.477 e. The van der Waals surface area contributed by atoms with Crippen molar-refractivity contribution in [2.45, 2.75) is 31.9 Å². The molecular weight excluding hydrogens is 350 g/mol. The number of ether oxygens (including phenoxy) is 1. The van der Waals surface area contributed by atoms with Gasteiger partial charge in [0.2, 0.25) is 0 Å². The molecule has 1 aromatic heterocycles. The summed E-state index contributed by atoms with van der Waals surface area (Å²) in [6.07, 6.45) is 4.78. The van der Waals surface area contributed by atoms with Gasteiger partial charge in [-0.05, 0) is 62.0 Å². The highest BCUT2D eigenvalue weighted by Crippen LogP contribution is 2.30. The molecule has 0 spiro atoms. The third-order valence-corrected chi connectivity index (χ3v) is 4.97. The van der Waals surface area contributed by atoms with E-state index in [1.807, 2.05) is 36.1 Å². The van der Waals surface area contributed by atoms with Crippen molar-refractivity contribution >= 4 is 17.5 Å². The topological polar surface area (TPSA) is 54.5 Å². The number of carbonyl (C=O) groups excluding carboxylic acids is 1. The average molecular weight is 374 g/mol. The van der Waals surface area contributed by atoms with Gasteiger partial charge in [0.25, 0.3) is 5.91 Å². The molecule has 138 valence electrons. The van der Waals surface area contributed by atoms with Crippen LogP contribution >= 0.6 is 11.6 Å².